The fourth-order valence-electron chi connectivity index (χ4n) is 2.07. The van der Waals surface area contributed by atoms with Crippen molar-refractivity contribution in [2.45, 2.75) is 26.2 Å². The zero-order valence-corrected chi connectivity index (χ0v) is 9.97. The van der Waals surface area contributed by atoms with E-state index in [0.717, 1.165) is 11.0 Å². The Balaban J connectivity index is 2.18. The van der Waals surface area contributed by atoms with Gasteiger partial charge in [-0.1, -0.05) is 43.6 Å². The standard InChI is InChI=1S/C12H17BN2O/c1-8(2)11-14-16-12(15(11)3)9-5-4-6-10(13)7-9/h4-8,11-12,14H,1-3H3. The highest BCUT2D eigenvalue weighted by molar-refractivity contribution is 6.32. The van der Waals surface area contributed by atoms with Crippen molar-refractivity contribution in [3.63, 3.8) is 0 Å². The van der Waals surface area contributed by atoms with E-state index in [2.05, 4.69) is 31.3 Å². The largest absolute Gasteiger partial charge is 0.276 e. The van der Waals surface area contributed by atoms with Crippen molar-refractivity contribution >= 4 is 13.3 Å². The van der Waals surface area contributed by atoms with Gasteiger partial charge in [-0.3, -0.25) is 9.74 Å². The van der Waals surface area contributed by atoms with Crippen LogP contribution in [0.1, 0.15) is 25.6 Å². The summed E-state index contributed by atoms with van der Waals surface area (Å²) < 4.78 is 0. The maximum atomic E-state index is 5.77. The van der Waals surface area contributed by atoms with Crippen LogP contribution in [0.5, 0.6) is 0 Å². The molecule has 1 aliphatic heterocycles. The Hall–Kier alpha value is -0.835. The van der Waals surface area contributed by atoms with Crippen molar-refractivity contribution in [1.29, 1.82) is 0 Å². The summed E-state index contributed by atoms with van der Waals surface area (Å²) in [6.45, 7) is 4.33. The highest BCUT2D eigenvalue weighted by atomic mass is 16.7. The van der Waals surface area contributed by atoms with Gasteiger partial charge in [0.1, 0.15) is 7.85 Å². The molecular formula is C12H17BN2O. The van der Waals surface area contributed by atoms with Gasteiger partial charge in [0.15, 0.2) is 6.23 Å². The Bertz CT molecular complexity index is 370. The Kier molecular flexibility index (Phi) is 3.33. The summed E-state index contributed by atoms with van der Waals surface area (Å²) in [6, 6.07) is 7.81. The van der Waals surface area contributed by atoms with Gasteiger partial charge in [0.25, 0.3) is 0 Å². The number of nitrogens with one attached hydrogen (secondary N) is 1. The molecule has 1 saturated heterocycles. The third-order valence-electron chi connectivity index (χ3n) is 2.94. The van der Waals surface area contributed by atoms with Crippen molar-refractivity contribution in [3.05, 3.63) is 29.8 Å². The highest BCUT2D eigenvalue weighted by Gasteiger charge is 2.33. The second kappa shape index (κ2) is 4.57. The molecule has 0 saturated carbocycles. The average molecular weight is 216 g/mol. The molecular weight excluding hydrogens is 199 g/mol. The van der Waals surface area contributed by atoms with Crippen LogP contribution in [0.4, 0.5) is 0 Å². The molecule has 0 spiro atoms. The van der Waals surface area contributed by atoms with Gasteiger partial charge in [-0.2, -0.15) is 5.48 Å². The van der Waals surface area contributed by atoms with Crippen LogP contribution in [0.2, 0.25) is 0 Å². The quantitative estimate of drug-likeness (QED) is 0.744. The summed E-state index contributed by atoms with van der Waals surface area (Å²) in [5.41, 5.74) is 4.91. The van der Waals surface area contributed by atoms with Crippen LogP contribution >= 0.6 is 0 Å². The number of benzene rings is 1. The van der Waals surface area contributed by atoms with E-state index in [9.17, 15) is 0 Å². The Morgan fingerprint density at radius 1 is 1.44 bits per heavy atom. The lowest BCUT2D eigenvalue weighted by atomic mass is 9.94. The van der Waals surface area contributed by atoms with Crippen LogP contribution in [-0.4, -0.2) is 26.0 Å². The fraction of sp³-hybridized carbons (Fsp3) is 0.500. The molecule has 4 heteroatoms. The smallest absolute Gasteiger partial charge is 0.158 e. The molecule has 16 heavy (non-hydrogen) atoms. The van der Waals surface area contributed by atoms with Gasteiger partial charge < -0.3 is 0 Å². The van der Waals surface area contributed by atoms with Crippen LogP contribution in [0.25, 0.3) is 0 Å². The van der Waals surface area contributed by atoms with Crippen LogP contribution in [0.3, 0.4) is 0 Å². The van der Waals surface area contributed by atoms with E-state index in [1.165, 1.54) is 0 Å². The normalized spacial score (nSPS) is 26.5. The third-order valence-corrected chi connectivity index (χ3v) is 2.94. The van der Waals surface area contributed by atoms with Crippen LogP contribution in [0.15, 0.2) is 24.3 Å². The summed E-state index contributed by atoms with van der Waals surface area (Å²) in [5.74, 6) is 0.496. The van der Waals surface area contributed by atoms with Crippen LogP contribution in [0, 0.1) is 5.92 Å². The number of nitrogens with zero attached hydrogens (tertiary/aromatic N) is 1. The SMILES string of the molecule is [B]c1cccc(C2ONC(C(C)C)N2C)c1. The minimum absolute atomic E-state index is 0.0594. The Labute approximate surface area is 98.1 Å². The molecule has 2 radical (unpaired) electrons. The van der Waals surface area contributed by atoms with E-state index in [-0.39, 0.29) is 12.4 Å². The molecule has 1 aromatic rings. The molecule has 2 atom stereocenters. The van der Waals surface area contributed by atoms with E-state index >= 15 is 0 Å². The van der Waals surface area contributed by atoms with E-state index in [0.29, 0.717) is 5.92 Å². The number of hydroxylamine groups is 1. The van der Waals surface area contributed by atoms with Gasteiger partial charge in [-0.25, -0.2) is 0 Å². The maximum Gasteiger partial charge on any atom is 0.158 e. The zero-order valence-electron chi connectivity index (χ0n) is 9.97. The number of rotatable bonds is 2. The van der Waals surface area contributed by atoms with Gasteiger partial charge >= 0.3 is 0 Å². The van der Waals surface area contributed by atoms with Gasteiger partial charge in [0, 0.05) is 0 Å². The second-order valence-corrected chi connectivity index (χ2v) is 4.61. The summed E-state index contributed by atoms with van der Waals surface area (Å²) in [4.78, 5) is 7.78. The molecule has 2 unspecified atom stereocenters. The van der Waals surface area contributed by atoms with Crippen molar-refractivity contribution in [3.8, 4) is 0 Å². The third kappa shape index (κ3) is 2.14. The van der Waals surface area contributed by atoms with E-state index in [4.69, 9.17) is 12.7 Å². The second-order valence-electron chi connectivity index (χ2n) is 4.61. The van der Waals surface area contributed by atoms with Gasteiger partial charge in [-0.15, -0.1) is 0 Å². The topological polar surface area (TPSA) is 24.5 Å². The maximum absolute atomic E-state index is 5.77. The first-order chi connectivity index (χ1) is 7.59. The Morgan fingerprint density at radius 2 is 2.19 bits per heavy atom. The summed E-state index contributed by atoms with van der Waals surface area (Å²) in [7, 11) is 7.83. The molecule has 0 aliphatic carbocycles. The first kappa shape index (κ1) is 11.6. The van der Waals surface area contributed by atoms with Crippen molar-refractivity contribution in [2.75, 3.05) is 7.05 Å². The van der Waals surface area contributed by atoms with Gasteiger partial charge in [0.05, 0.1) is 6.17 Å². The molecule has 0 bridgehead atoms. The van der Waals surface area contributed by atoms with Crippen LogP contribution < -0.4 is 10.9 Å². The lowest BCUT2D eigenvalue weighted by molar-refractivity contribution is -0.00447. The fourth-order valence-corrected chi connectivity index (χ4v) is 2.07. The lowest BCUT2D eigenvalue weighted by Gasteiger charge is -2.24. The lowest BCUT2D eigenvalue weighted by Crippen LogP contribution is -2.37. The van der Waals surface area contributed by atoms with Gasteiger partial charge in [0.2, 0.25) is 0 Å². The molecule has 1 heterocycles. The average Bonchev–Trinajstić information content (AvgIpc) is 2.60. The van der Waals surface area contributed by atoms with Crippen LogP contribution in [-0.2, 0) is 4.84 Å². The molecule has 3 nitrogen and oxygen atoms in total. The zero-order chi connectivity index (χ0) is 11.7. The first-order valence-electron chi connectivity index (χ1n) is 5.58. The summed E-state index contributed by atoms with van der Waals surface area (Å²) in [6.07, 6.45) is 0.183. The predicted molar refractivity (Wildman–Crippen MR) is 65.2 cm³/mol. The Morgan fingerprint density at radius 3 is 2.75 bits per heavy atom. The molecule has 1 N–H and O–H groups in total. The van der Waals surface area contributed by atoms with Crippen molar-refractivity contribution in [1.82, 2.24) is 10.4 Å². The number of hydrogen-bond acceptors (Lipinski definition) is 3. The van der Waals surface area contributed by atoms with Crippen molar-refractivity contribution < 1.29 is 4.84 Å². The first-order valence-corrected chi connectivity index (χ1v) is 5.58. The summed E-state index contributed by atoms with van der Waals surface area (Å²) >= 11 is 0. The molecule has 1 fully saturated rings. The molecule has 2 rings (SSSR count). The minimum atomic E-state index is -0.0594. The monoisotopic (exact) mass is 216 g/mol. The predicted octanol–water partition coefficient (Wildman–Crippen LogP) is 0.928. The molecule has 1 aliphatic rings. The molecule has 1 aromatic carbocycles. The minimum Gasteiger partial charge on any atom is -0.276 e. The van der Waals surface area contributed by atoms with E-state index in [1.807, 2.05) is 24.3 Å². The molecule has 0 aromatic heterocycles. The molecule has 0 amide bonds. The van der Waals surface area contributed by atoms with Crippen molar-refractivity contribution in [2.24, 2.45) is 5.92 Å². The molecule has 84 valence electrons. The summed E-state index contributed by atoms with van der Waals surface area (Å²) in [5, 5.41) is 0. The van der Waals surface area contributed by atoms with E-state index < -0.39 is 0 Å². The van der Waals surface area contributed by atoms with E-state index in [1.54, 1.807) is 0 Å². The highest BCUT2D eigenvalue weighted by Crippen LogP contribution is 2.28. The van der Waals surface area contributed by atoms with Gasteiger partial charge in [-0.05, 0) is 18.5 Å². The number of hydrogen-bond donors (Lipinski definition) is 1.